The molecule has 0 unspecified atom stereocenters. The second kappa shape index (κ2) is 8.93. The van der Waals surface area contributed by atoms with Crippen molar-refractivity contribution in [3.05, 3.63) is 46.1 Å². The van der Waals surface area contributed by atoms with Crippen molar-refractivity contribution in [3.8, 4) is 0 Å². The lowest BCUT2D eigenvalue weighted by Crippen LogP contribution is -2.34. The summed E-state index contributed by atoms with van der Waals surface area (Å²) < 4.78 is 5.21. The summed E-state index contributed by atoms with van der Waals surface area (Å²) in [5.41, 5.74) is -0.521. The van der Waals surface area contributed by atoms with Crippen LogP contribution in [0.3, 0.4) is 0 Å². The molecule has 0 bridgehead atoms. The predicted octanol–water partition coefficient (Wildman–Crippen LogP) is 4.99. The fraction of sp³-hybridized carbons (Fsp3) is 0.526. The molecule has 138 valence electrons. The summed E-state index contributed by atoms with van der Waals surface area (Å²) >= 11 is 12.0. The average Bonchev–Trinajstić information content (AvgIpc) is 2.78. The van der Waals surface area contributed by atoms with Gasteiger partial charge in [-0.3, -0.25) is 0 Å². The molecule has 1 fully saturated rings. The first-order valence-electron chi connectivity index (χ1n) is 8.54. The quantitative estimate of drug-likeness (QED) is 0.356. The Kier molecular flexibility index (Phi) is 7.17. The first-order valence-corrected chi connectivity index (χ1v) is 9.30. The summed E-state index contributed by atoms with van der Waals surface area (Å²) in [5.74, 6) is -0.869. The molecule has 1 saturated heterocycles. The molecule has 1 aliphatic rings. The van der Waals surface area contributed by atoms with Crippen LogP contribution in [0.25, 0.3) is 0 Å². The van der Waals surface area contributed by atoms with Crippen molar-refractivity contribution in [1.82, 2.24) is 0 Å². The van der Waals surface area contributed by atoms with Gasteiger partial charge in [0.1, 0.15) is 6.10 Å². The number of aryl methyl sites for hydroxylation is 1. The van der Waals surface area contributed by atoms with Crippen LogP contribution < -0.4 is 0 Å². The minimum absolute atomic E-state index is 0.163. The number of aliphatic hydroxyl groups is 2. The minimum atomic E-state index is -1.62. The van der Waals surface area contributed by atoms with E-state index in [-0.39, 0.29) is 24.7 Å². The Morgan fingerprint density at radius 2 is 2.00 bits per heavy atom. The maximum absolute atomic E-state index is 11.7. The number of hydrogen-bond acceptors (Lipinski definition) is 4. The topological polar surface area (TPSA) is 66.8 Å². The fourth-order valence-electron chi connectivity index (χ4n) is 3.17. The van der Waals surface area contributed by atoms with Gasteiger partial charge in [0, 0.05) is 22.9 Å². The van der Waals surface area contributed by atoms with E-state index in [2.05, 4.69) is 6.58 Å². The molecule has 0 aliphatic carbocycles. The lowest BCUT2D eigenvalue weighted by molar-refractivity contribution is -0.155. The maximum Gasteiger partial charge on any atom is 0.339 e. The third-order valence-electron chi connectivity index (χ3n) is 4.45. The first-order chi connectivity index (χ1) is 11.8. The maximum atomic E-state index is 11.7. The zero-order chi connectivity index (χ0) is 18.4. The number of aliphatic hydroxyl groups excluding tert-OH is 1. The van der Waals surface area contributed by atoms with Gasteiger partial charge in [0.15, 0.2) is 5.60 Å². The zero-order valence-corrected chi connectivity index (χ0v) is 15.7. The Morgan fingerprint density at radius 3 is 2.68 bits per heavy atom. The molecule has 2 rings (SSSR count). The standard InChI is InChI=1S/C19H24Cl2O4/c1-13(22)11-19(24)12-16(25-18(19)23)7-5-3-2-4-6-14-8-9-15(20)10-17(14)21/h8-10,16,22,24H,1-7,11-12H2/t16-,19-/m0/s1. The van der Waals surface area contributed by atoms with Crippen LogP contribution in [-0.2, 0) is 16.0 Å². The molecule has 6 heteroatoms. The van der Waals surface area contributed by atoms with Crippen LogP contribution in [0.2, 0.25) is 10.0 Å². The summed E-state index contributed by atoms with van der Waals surface area (Å²) in [4.78, 5) is 11.7. The van der Waals surface area contributed by atoms with E-state index in [4.69, 9.17) is 27.9 Å². The Labute approximate surface area is 158 Å². The molecule has 0 spiro atoms. The molecule has 2 atom stereocenters. The Bertz CT molecular complexity index is 632. The van der Waals surface area contributed by atoms with E-state index in [0.717, 1.165) is 37.7 Å². The number of halogens is 2. The third-order valence-corrected chi connectivity index (χ3v) is 5.04. The Balaban J connectivity index is 1.63. The van der Waals surface area contributed by atoms with E-state index in [1.807, 2.05) is 12.1 Å². The van der Waals surface area contributed by atoms with Crippen LogP contribution in [-0.4, -0.2) is 27.9 Å². The lowest BCUT2D eigenvalue weighted by atomic mass is 9.93. The number of ether oxygens (including phenoxy) is 1. The van der Waals surface area contributed by atoms with Crippen molar-refractivity contribution < 1.29 is 19.7 Å². The molecule has 1 aromatic carbocycles. The van der Waals surface area contributed by atoms with Crippen LogP contribution in [0.1, 0.15) is 50.5 Å². The SMILES string of the molecule is C=C(O)C[C@]1(O)C[C@H](CCCCCCc2ccc(Cl)cc2Cl)OC1=O. The number of unbranched alkanes of at least 4 members (excludes halogenated alkanes) is 3. The van der Waals surface area contributed by atoms with E-state index in [1.54, 1.807) is 6.07 Å². The van der Waals surface area contributed by atoms with E-state index in [0.29, 0.717) is 16.5 Å². The van der Waals surface area contributed by atoms with Gasteiger partial charge < -0.3 is 14.9 Å². The minimum Gasteiger partial charge on any atom is -0.513 e. The molecule has 0 amide bonds. The van der Waals surface area contributed by atoms with Crippen LogP contribution in [0.15, 0.2) is 30.5 Å². The van der Waals surface area contributed by atoms with Gasteiger partial charge in [0.2, 0.25) is 0 Å². The van der Waals surface area contributed by atoms with Gasteiger partial charge in [-0.05, 0) is 43.4 Å². The van der Waals surface area contributed by atoms with Crippen LogP contribution >= 0.6 is 23.2 Å². The second-order valence-corrected chi connectivity index (χ2v) is 7.54. The molecule has 0 saturated carbocycles. The fourth-order valence-corrected chi connectivity index (χ4v) is 3.67. The molecular formula is C19H24Cl2O4. The number of esters is 1. The Hall–Kier alpha value is -1.23. The highest BCUT2D eigenvalue weighted by Gasteiger charge is 2.47. The van der Waals surface area contributed by atoms with E-state index >= 15 is 0 Å². The summed E-state index contributed by atoms with van der Waals surface area (Å²) in [6.45, 7) is 3.33. The molecule has 0 radical (unpaired) electrons. The molecular weight excluding hydrogens is 363 g/mol. The van der Waals surface area contributed by atoms with Crippen molar-refractivity contribution in [2.75, 3.05) is 0 Å². The third kappa shape index (κ3) is 5.91. The highest BCUT2D eigenvalue weighted by molar-refractivity contribution is 6.35. The van der Waals surface area contributed by atoms with Crippen molar-refractivity contribution >= 4 is 29.2 Å². The van der Waals surface area contributed by atoms with Crippen molar-refractivity contribution in [3.63, 3.8) is 0 Å². The van der Waals surface area contributed by atoms with Gasteiger partial charge >= 0.3 is 5.97 Å². The largest absolute Gasteiger partial charge is 0.513 e. The number of rotatable bonds is 9. The number of benzene rings is 1. The van der Waals surface area contributed by atoms with E-state index in [1.165, 1.54) is 0 Å². The zero-order valence-electron chi connectivity index (χ0n) is 14.1. The smallest absolute Gasteiger partial charge is 0.339 e. The number of cyclic esters (lactones) is 1. The monoisotopic (exact) mass is 386 g/mol. The van der Waals surface area contributed by atoms with Gasteiger partial charge in [0.25, 0.3) is 0 Å². The normalized spacial score (nSPS) is 22.8. The number of carbonyl (C=O) groups excluding carboxylic acids is 1. The number of carbonyl (C=O) groups is 1. The van der Waals surface area contributed by atoms with Gasteiger partial charge in [0.05, 0.1) is 5.76 Å². The average molecular weight is 387 g/mol. The van der Waals surface area contributed by atoms with Crippen LogP contribution in [0.5, 0.6) is 0 Å². The molecule has 1 aromatic rings. The molecule has 1 heterocycles. The number of hydrogen-bond donors (Lipinski definition) is 2. The van der Waals surface area contributed by atoms with Crippen molar-refractivity contribution in [2.24, 2.45) is 0 Å². The van der Waals surface area contributed by atoms with Crippen LogP contribution in [0, 0.1) is 0 Å². The molecule has 25 heavy (non-hydrogen) atoms. The van der Waals surface area contributed by atoms with Crippen molar-refractivity contribution in [2.45, 2.75) is 63.1 Å². The molecule has 0 aromatic heterocycles. The molecule has 2 N–H and O–H groups in total. The van der Waals surface area contributed by atoms with E-state index in [9.17, 15) is 15.0 Å². The second-order valence-electron chi connectivity index (χ2n) is 6.69. The highest BCUT2D eigenvalue weighted by atomic mass is 35.5. The van der Waals surface area contributed by atoms with E-state index < -0.39 is 11.6 Å². The molecule has 1 aliphatic heterocycles. The van der Waals surface area contributed by atoms with Gasteiger partial charge in [-0.2, -0.15) is 0 Å². The Morgan fingerprint density at radius 1 is 1.28 bits per heavy atom. The predicted molar refractivity (Wildman–Crippen MR) is 99.1 cm³/mol. The lowest BCUT2D eigenvalue weighted by Gasteiger charge is -2.16. The van der Waals surface area contributed by atoms with Crippen molar-refractivity contribution in [1.29, 1.82) is 0 Å². The summed E-state index contributed by atoms with van der Waals surface area (Å²) in [7, 11) is 0. The van der Waals surface area contributed by atoms with Gasteiger partial charge in [-0.1, -0.05) is 48.7 Å². The highest BCUT2D eigenvalue weighted by Crippen LogP contribution is 2.33. The molecule has 4 nitrogen and oxygen atoms in total. The van der Waals surface area contributed by atoms with Gasteiger partial charge in [-0.25, -0.2) is 4.79 Å². The summed E-state index contributed by atoms with van der Waals surface area (Å²) in [5, 5.41) is 20.7. The summed E-state index contributed by atoms with van der Waals surface area (Å²) in [6.07, 6.45) is 5.41. The first kappa shape index (κ1) is 20.1. The summed E-state index contributed by atoms with van der Waals surface area (Å²) in [6, 6.07) is 5.56. The van der Waals surface area contributed by atoms with Crippen LogP contribution in [0.4, 0.5) is 0 Å². The van der Waals surface area contributed by atoms with Gasteiger partial charge in [-0.15, -0.1) is 0 Å².